The zero-order valence-corrected chi connectivity index (χ0v) is 16.9. The van der Waals surface area contributed by atoms with Crippen molar-refractivity contribution >= 4 is 23.1 Å². The van der Waals surface area contributed by atoms with E-state index in [1.807, 2.05) is 25.3 Å². The number of carbonyl (C=O) groups is 2. The van der Waals surface area contributed by atoms with E-state index in [-0.39, 0.29) is 19.2 Å². The molecule has 0 unspecified atom stereocenters. The van der Waals surface area contributed by atoms with E-state index in [0.717, 1.165) is 22.0 Å². The zero-order chi connectivity index (χ0) is 20.7. The quantitative estimate of drug-likeness (QED) is 0.630. The van der Waals surface area contributed by atoms with E-state index in [4.69, 9.17) is 9.47 Å². The number of aryl methyl sites for hydroxylation is 1. The molecule has 1 aromatic carbocycles. The van der Waals surface area contributed by atoms with Crippen molar-refractivity contribution in [3.8, 4) is 0 Å². The largest absolute Gasteiger partial charge is 0.445 e. The molecular formula is C21H29N3O4. The first kappa shape index (κ1) is 21.3. The summed E-state index contributed by atoms with van der Waals surface area (Å²) in [6, 6.07) is 5.79. The molecule has 1 aromatic heterocycles. The van der Waals surface area contributed by atoms with Crippen LogP contribution in [0.15, 0.2) is 37.1 Å². The van der Waals surface area contributed by atoms with Crippen LogP contribution in [-0.2, 0) is 15.9 Å². The molecule has 2 rings (SSSR count). The number of aromatic amines is 1. The zero-order valence-electron chi connectivity index (χ0n) is 16.9. The van der Waals surface area contributed by atoms with Gasteiger partial charge in [-0.25, -0.2) is 9.59 Å². The predicted molar refractivity (Wildman–Crippen MR) is 109 cm³/mol. The molecule has 0 radical (unpaired) electrons. The second-order valence-electron chi connectivity index (χ2n) is 7.68. The summed E-state index contributed by atoms with van der Waals surface area (Å²) < 4.78 is 10.3. The third kappa shape index (κ3) is 6.64. The second-order valence-corrected chi connectivity index (χ2v) is 7.68. The van der Waals surface area contributed by atoms with Gasteiger partial charge in [0.2, 0.25) is 0 Å². The van der Waals surface area contributed by atoms with Crippen molar-refractivity contribution in [2.45, 2.75) is 45.8 Å². The Morgan fingerprint density at radius 2 is 2.04 bits per heavy atom. The van der Waals surface area contributed by atoms with Crippen molar-refractivity contribution in [2.24, 2.45) is 0 Å². The van der Waals surface area contributed by atoms with Crippen LogP contribution in [0.1, 0.15) is 31.9 Å². The molecule has 0 fully saturated rings. The van der Waals surface area contributed by atoms with Gasteiger partial charge >= 0.3 is 12.2 Å². The molecule has 2 aromatic rings. The van der Waals surface area contributed by atoms with Gasteiger partial charge < -0.3 is 25.1 Å². The number of alkyl carbamates (subject to hydrolysis) is 2. The summed E-state index contributed by atoms with van der Waals surface area (Å²) in [4.78, 5) is 27.2. The fraction of sp³-hybridized carbons (Fsp3) is 0.429. The summed E-state index contributed by atoms with van der Waals surface area (Å²) in [5.74, 6) is 0. The minimum absolute atomic E-state index is 0.123. The Labute approximate surface area is 165 Å². The van der Waals surface area contributed by atoms with Crippen molar-refractivity contribution in [3.63, 3.8) is 0 Å². The van der Waals surface area contributed by atoms with Gasteiger partial charge in [0.1, 0.15) is 12.2 Å². The van der Waals surface area contributed by atoms with Crippen molar-refractivity contribution < 1.29 is 19.1 Å². The highest BCUT2D eigenvalue weighted by Gasteiger charge is 2.21. The number of aromatic nitrogens is 1. The number of carbonyl (C=O) groups excluding carboxylic acids is 2. The lowest BCUT2D eigenvalue weighted by Crippen LogP contribution is -2.46. The molecule has 0 spiro atoms. The van der Waals surface area contributed by atoms with Gasteiger partial charge in [0.25, 0.3) is 0 Å². The molecule has 1 atom stereocenters. The average Bonchev–Trinajstić information content (AvgIpc) is 2.98. The minimum atomic E-state index is -0.608. The molecule has 152 valence electrons. The molecule has 7 heteroatoms. The van der Waals surface area contributed by atoms with Crippen LogP contribution in [0.4, 0.5) is 9.59 Å². The average molecular weight is 387 g/mol. The van der Waals surface area contributed by atoms with Crippen molar-refractivity contribution in [3.05, 3.63) is 48.2 Å². The molecule has 0 bridgehead atoms. The fourth-order valence-corrected chi connectivity index (χ4v) is 2.77. The van der Waals surface area contributed by atoms with E-state index >= 15 is 0 Å². The number of amides is 2. The molecule has 0 aliphatic rings. The topological polar surface area (TPSA) is 92.5 Å². The van der Waals surface area contributed by atoms with Crippen LogP contribution in [0.3, 0.4) is 0 Å². The SMILES string of the molecule is C=CCOC(=O)NC[C@H](Cc1c[nH]c2ccc(C)cc12)NC(=O)OC(C)(C)C. The molecular weight excluding hydrogens is 358 g/mol. The van der Waals surface area contributed by atoms with E-state index in [9.17, 15) is 9.59 Å². The highest BCUT2D eigenvalue weighted by atomic mass is 16.6. The van der Waals surface area contributed by atoms with Crippen LogP contribution in [0.5, 0.6) is 0 Å². The van der Waals surface area contributed by atoms with Gasteiger partial charge in [-0.1, -0.05) is 24.3 Å². The summed E-state index contributed by atoms with van der Waals surface area (Å²) in [5.41, 5.74) is 2.61. The normalized spacial score (nSPS) is 12.3. The summed E-state index contributed by atoms with van der Waals surface area (Å²) in [6.45, 7) is 11.3. The molecule has 0 saturated heterocycles. The van der Waals surface area contributed by atoms with E-state index in [2.05, 4.69) is 28.3 Å². The number of fused-ring (bicyclic) bond motifs is 1. The summed E-state index contributed by atoms with van der Waals surface area (Å²) >= 11 is 0. The lowest BCUT2D eigenvalue weighted by Gasteiger charge is -2.24. The van der Waals surface area contributed by atoms with Crippen LogP contribution in [-0.4, -0.2) is 42.0 Å². The minimum Gasteiger partial charge on any atom is -0.445 e. The Morgan fingerprint density at radius 3 is 2.71 bits per heavy atom. The first-order valence-electron chi connectivity index (χ1n) is 9.25. The van der Waals surface area contributed by atoms with Crippen molar-refractivity contribution in [1.82, 2.24) is 15.6 Å². The first-order chi connectivity index (χ1) is 13.2. The molecule has 0 saturated carbocycles. The van der Waals surface area contributed by atoms with Gasteiger partial charge in [0.15, 0.2) is 0 Å². The molecule has 0 aliphatic carbocycles. The van der Waals surface area contributed by atoms with E-state index in [0.29, 0.717) is 6.42 Å². The fourth-order valence-electron chi connectivity index (χ4n) is 2.77. The van der Waals surface area contributed by atoms with Crippen LogP contribution >= 0.6 is 0 Å². The van der Waals surface area contributed by atoms with Crippen molar-refractivity contribution in [1.29, 1.82) is 0 Å². The number of H-pyrrole nitrogens is 1. The maximum Gasteiger partial charge on any atom is 0.407 e. The lowest BCUT2D eigenvalue weighted by molar-refractivity contribution is 0.0502. The number of hydrogen-bond acceptors (Lipinski definition) is 4. The third-order valence-corrected chi connectivity index (χ3v) is 3.94. The smallest absolute Gasteiger partial charge is 0.407 e. The Balaban J connectivity index is 2.11. The molecule has 0 aliphatic heterocycles. The Bertz CT molecular complexity index is 836. The van der Waals surface area contributed by atoms with Crippen LogP contribution in [0.2, 0.25) is 0 Å². The molecule has 28 heavy (non-hydrogen) atoms. The second kappa shape index (κ2) is 9.30. The van der Waals surface area contributed by atoms with Gasteiger partial charge in [0, 0.05) is 23.6 Å². The highest BCUT2D eigenvalue weighted by molar-refractivity contribution is 5.84. The molecule has 3 N–H and O–H groups in total. The van der Waals surface area contributed by atoms with E-state index < -0.39 is 17.8 Å². The maximum absolute atomic E-state index is 12.2. The van der Waals surface area contributed by atoms with Crippen LogP contribution in [0.25, 0.3) is 10.9 Å². The lowest BCUT2D eigenvalue weighted by atomic mass is 10.0. The number of benzene rings is 1. The van der Waals surface area contributed by atoms with Crippen LogP contribution < -0.4 is 10.6 Å². The Hall–Kier alpha value is -2.96. The van der Waals surface area contributed by atoms with Gasteiger partial charge in [-0.2, -0.15) is 0 Å². The molecule has 1 heterocycles. The maximum atomic E-state index is 12.2. The number of ether oxygens (including phenoxy) is 2. The highest BCUT2D eigenvalue weighted by Crippen LogP contribution is 2.21. The predicted octanol–water partition coefficient (Wildman–Crippen LogP) is 3.82. The third-order valence-electron chi connectivity index (χ3n) is 3.94. The van der Waals surface area contributed by atoms with Crippen LogP contribution in [0, 0.1) is 6.92 Å². The number of rotatable bonds is 7. The van der Waals surface area contributed by atoms with Gasteiger partial charge in [-0.05, 0) is 51.8 Å². The monoisotopic (exact) mass is 387 g/mol. The summed E-state index contributed by atoms with van der Waals surface area (Å²) in [5, 5.41) is 6.59. The summed E-state index contributed by atoms with van der Waals surface area (Å²) in [6.07, 6.45) is 2.83. The number of nitrogens with one attached hydrogen (secondary N) is 3. The summed E-state index contributed by atoms with van der Waals surface area (Å²) in [7, 11) is 0. The van der Waals surface area contributed by atoms with Gasteiger partial charge in [0.05, 0.1) is 6.04 Å². The standard InChI is InChI=1S/C21H29N3O4/c1-6-9-27-19(25)23-13-16(24-20(26)28-21(3,4)5)11-15-12-22-18-8-7-14(2)10-17(15)18/h6-8,10,12,16,22H,1,9,11,13H2,2-5H3,(H,23,25)(H,24,26)/t16-/m0/s1. The number of hydrogen-bond donors (Lipinski definition) is 3. The van der Waals surface area contributed by atoms with Gasteiger partial charge in [-0.3, -0.25) is 0 Å². The Morgan fingerprint density at radius 1 is 1.29 bits per heavy atom. The van der Waals surface area contributed by atoms with Crippen molar-refractivity contribution in [2.75, 3.05) is 13.2 Å². The molecule has 2 amide bonds. The Kier molecular flexibility index (Phi) is 7.09. The van der Waals surface area contributed by atoms with Gasteiger partial charge in [-0.15, -0.1) is 0 Å². The van der Waals surface area contributed by atoms with E-state index in [1.165, 1.54) is 6.08 Å². The first-order valence-corrected chi connectivity index (χ1v) is 9.25. The molecule has 7 nitrogen and oxygen atoms in total. The van der Waals surface area contributed by atoms with E-state index in [1.54, 1.807) is 20.8 Å².